The Morgan fingerprint density at radius 1 is 1.32 bits per heavy atom. The number of aliphatic carboxylic acids is 2. The summed E-state index contributed by atoms with van der Waals surface area (Å²) in [7, 11) is 0. The Balaban J connectivity index is 2.87. The number of halogens is 2. The fourth-order valence-corrected chi connectivity index (χ4v) is 1.62. The molecule has 0 saturated heterocycles. The van der Waals surface area contributed by atoms with Gasteiger partial charge in [-0.25, -0.2) is 9.18 Å². The number of rotatable bonds is 5. The van der Waals surface area contributed by atoms with Crippen LogP contribution >= 0.6 is 15.9 Å². The number of carbonyl (C=O) groups excluding carboxylic acids is 1. The minimum Gasteiger partial charge on any atom is -0.481 e. The van der Waals surface area contributed by atoms with E-state index in [1.54, 1.807) is 0 Å². The van der Waals surface area contributed by atoms with Gasteiger partial charge in [-0.3, -0.25) is 9.59 Å². The molecular formula is C11H9BrFNO5. The lowest BCUT2D eigenvalue weighted by Gasteiger charge is -2.12. The molecule has 0 fully saturated rings. The van der Waals surface area contributed by atoms with Crippen LogP contribution in [0.5, 0.6) is 0 Å². The van der Waals surface area contributed by atoms with Gasteiger partial charge in [0.15, 0.2) is 0 Å². The van der Waals surface area contributed by atoms with E-state index in [2.05, 4.69) is 15.9 Å². The van der Waals surface area contributed by atoms with Gasteiger partial charge < -0.3 is 15.5 Å². The Morgan fingerprint density at radius 2 is 1.95 bits per heavy atom. The monoisotopic (exact) mass is 333 g/mol. The molecule has 0 aliphatic rings. The normalized spacial score (nSPS) is 11.7. The van der Waals surface area contributed by atoms with Crippen LogP contribution in [-0.2, 0) is 9.59 Å². The Morgan fingerprint density at radius 3 is 2.42 bits per heavy atom. The van der Waals surface area contributed by atoms with Crippen molar-refractivity contribution in [2.75, 3.05) is 0 Å². The Labute approximate surface area is 115 Å². The summed E-state index contributed by atoms with van der Waals surface area (Å²) in [5.74, 6) is -4.72. The Hall–Kier alpha value is -1.96. The van der Waals surface area contributed by atoms with Crippen LogP contribution in [0.2, 0.25) is 0 Å². The molecule has 0 spiro atoms. The summed E-state index contributed by atoms with van der Waals surface area (Å²) in [4.78, 5) is 32.9. The van der Waals surface area contributed by atoms with Gasteiger partial charge in [-0.2, -0.15) is 0 Å². The van der Waals surface area contributed by atoms with Crippen molar-refractivity contribution in [3.8, 4) is 0 Å². The van der Waals surface area contributed by atoms with Crippen LogP contribution in [-0.4, -0.2) is 34.1 Å². The standard InChI is InChI=1S/C11H9BrFNO5/c12-5-1-2-6(7(13)3-5)10(17)14-8(11(18)19)4-9(15)16/h1-3,8H,4H2,(H,14,17)(H,15,16)(H,18,19). The molecule has 0 aromatic heterocycles. The lowest BCUT2D eigenvalue weighted by molar-refractivity contribution is -0.145. The van der Waals surface area contributed by atoms with E-state index in [0.717, 1.165) is 12.1 Å². The molecule has 1 aromatic rings. The van der Waals surface area contributed by atoms with Crippen molar-refractivity contribution in [3.63, 3.8) is 0 Å². The van der Waals surface area contributed by atoms with Gasteiger partial charge >= 0.3 is 11.9 Å². The smallest absolute Gasteiger partial charge is 0.326 e. The average molecular weight is 334 g/mol. The predicted octanol–water partition coefficient (Wildman–Crippen LogP) is 1.25. The maximum Gasteiger partial charge on any atom is 0.326 e. The molecule has 1 amide bonds. The van der Waals surface area contributed by atoms with Crippen molar-refractivity contribution in [2.45, 2.75) is 12.5 Å². The van der Waals surface area contributed by atoms with E-state index in [4.69, 9.17) is 10.2 Å². The molecule has 0 saturated carbocycles. The van der Waals surface area contributed by atoms with E-state index in [0.29, 0.717) is 4.47 Å². The van der Waals surface area contributed by atoms with Gasteiger partial charge in [0.1, 0.15) is 11.9 Å². The van der Waals surface area contributed by atoms with E-state index in [1.807, 2.05) is 5.32 Å². The molecule has 6 nitrogen and oxygen atoms in total. The highest BCUT2D eigenvalue weighted by Crippen LogP contribution is 2.15. The summed E-state index contributed by atoms with van der Waals surface area (Å²) in [6, 6.07) is 1.99. The summed E-state index contributed by atoms with van der Waals surface area (Å²) >= 11 is 3.01. The van der Waals surface area contributed by atoms with Crippen LogP contribution in [0.4, 0.5) is 4.39 Å². The van der Waals surface area contributed by atoms with Crippen LogP contribution in [0.25, 0.3) is 0 Å². The second-order valence-corrected chi connectivity index (χ2v) is 4.50. The SMILES string of the molecule is O=C(O)CC(NC(=O)c1ccc(Br)cc1F)C(=O)O. The highest BCUT2D eigenvalue weighted by Gasteiger charge is 2.24. The van der Waals surface area contributed by atoms with Gasteiger partial charge in [-0.1, -0.05) is 15.9 Å². The highest BCUT2D eigenvalue weighted by atomic mass is 79.9. The first-order valence-corrected chi connectivity index (χ1v) is 5.81. The van der Waals surface area contributed by atoms with Gasteiger partial charge in [-0.15, -0.1) is 0 Å². The summed E-state index contributed by atoms with van der Waals surface area (Å²) < 4.78 is 13.9. The van der Waals surface area contributed by atoms with Gasteiger partial charge in [-0.05, 0) is 18.2 Å². The number of benzene rings is 1. The lowest BCUT2D eigenvalue weighted by atomic mass is 10.1. The molecule has 1 unspecified atom stereocenters. The Bertz CT molecular complexity index is 534. The molecule has 0 bridgehead atoms. The van der Waals surface area contributed by atoms with Crippen LogP contribution in [0.3, 0.4) is 0 Å². The minimum absolute atomic E-state index is 0.361. The van der Waals surface area contributed by atoms with Crippen molar-refractivity contribution in [1.82, 2.24) is 5.32 Å². The number of hydrogen-bond acceptors (Lipinski definition) is 3. The third kappa shape index (κ3) is 4.32. The molecule has 0 aliphatic heterocycles. The first-order chi connectivity index (χ1) is 8.81. The fraction of sp³-hybridized carbons (Fsp3) is 0.182. The maximum atomic E-state index is 13.5. The van der Waals surface area contributed by atoms with Crippen molar-refractivity contribution in [1.29, 1.82) is 0 Å². The third-order valence-electron chi connectivity index (χ3n) is 2.16. The van der Waals surface area contributed by atoms with Crippen LogP contribution in [0.15, 0.2) is 22.7 Å². The van der Waals surface area contributed by atoms with Gasteiger partial charge in [0, 0.05) is 4.47 Å². The first-order valence-electron chi connectivity index (χ1n) is 5.01. The zero-order valence-electron chi connectivity index (χ0n) is 9.39. The lowest BCUT2D eigenvalue weighted by Crippen LogP contribution is -2.42. The van der Waals surface area contributed by atoms with E-state index in [-0.39, 0.29) is 5.56 Å². The molecule has 3 N–H and O–H groups in total. The number of amides is 1. The highest BCUT2D eigenvalue weighted by molar-refractivity contribution is 9.10. The Kier molecular flexibility index (Phi) is 4.99. The van der Waals surface area contributed by atoms with E-state index in [9.17, 15) is 18.8 Å². The van der Waals surface area contributed by atoms with Crippen molar-refractivity contribution >= 4 is 33.8 Å². The molecule has 1 aromatic carbocycles. The van der Waals surface area contributed by atoms with Crippen molar-refractivity contribution < 1.29 is 29.0 Å². The molecule has 8 heteroatoms. The van der Waals surface area contributed by atoms with Crippen molar-refractivity contribution in [3.05, 3.63) is 34.1 Å². The predicted molar refractivity (Wildman–Crippen MR) is 65.2 cm³/mol. The summed E-state index contributed by atoms with van der Waals surface area (Å²) in [6.07, 6.45) is -0.792. The maximum absolute atomic E-state index is 13.5. The largest absolute Gasteiger partial charge is 0.481 e. The topological polar surface area (TPSA) is 104 Å². The third-order valence-corrected chi connectivity index (χ3v) is 2.65. The van der Waals surface area contributed by atoms with Gasteiger partial charge in [0.25, 0.3) is 5.91 Å². The first kappa shape index (κ1) is 15.1. The molecule has 0 aliphatic carbocycles. The number of carbonyl (C=O) groups is 3. The molecule has 0 radical (unpaired) electrons. The second-order valence-electron chi connectivity index (χ2n) is 3.59. The molecule has 102 valence electrons. The molecule has 1 rings (SSSR count). The van der Waals surface area contributed by atoms with Crippen molar-refractivity contribution in [2.24, 2.45) is 0 Å². The number of nitrogens with one attached hydrogen (secondary N) is 1. The molecule has 19 heavy (non-hydrogen) atoms. The summed E-state index contributed by atoms with van der Waals surface area (Å²) in [5, 5.41) is 19.2. The van der Waals surface area contributed by atoms with Crippen LogP contribution < -0.4 is 5.32 Å². The summed E-state index contributed by atoms with van der Waals surface area (Å²) in [5.41, 5.74) is -0.361. The second kappa shape index (κ2) is 6.28. The average Bonchev–Trinajstić information content (AvgIpc) is 2.26. The molecule has 0 heterocycles. The number of hydrogen-bond donors (Lipinski definition) is 3. The van der Waals surface area contributed by atoms with Crippen LogP contribution in [0.1, 0.15) is 16.8 Å². The van der Waals surface area contributed by atoms with E-state index >= 15 is 0 Å². The van der Waals surface area contributed by atoms with Gasteiger partial charge in [0.2, 0.25) is 0 Å². The van der Waals surface area contributed by atoms with E-state index in [1.165, 1.54) is 6.07 Å². The number of carboxylic acids is 2. The zero-order valence-corrected chi connectivity index (χ0v) is 11.0. The zero-order chi connectivity index (χ0) is 14.6. The molecule has 1 atom stereocenters. The quantitative estimate of drug-likeness (QED) is 0.752. The number of carboxylic acid groups (broad SMARTS) is 2. The minimum atomic E-state index is -1.62. The van der Waals surface area contributed by atoms with Crippen LogP contribution in [0, 0.1) is 5.82 Å². The summed E-state index contributed by atoms with van der Waals surface area (Å²) in [6.45, 7) is 0. The van der Waals surface area contributed by atoms with Gasteiger partial charge in [0.05, 0.1) is 12.0 Å². The molecular weight excluding hydrogens is 325 g/mol. The van der Waals surface area contributed by atoms with E-state index < -0.39 is 36.1 Å². The fourth-order valence-electron chi connectivity index (χ4n) is 1.28.